The van der Waals surface area contributed by atoms with E-state index in [0.29, 0.717) is 35.3 Å². The van der Waals surface area contributed by atoms with Gasteiger partial charge in [0.2, 0.25) is 5.91 Å². The Morgan fingerprint density at radius 2 is 1.48 bits per heavy atom. The summed E-state index contributed by atoms with van der Waals surface area (Å²) in [7, 11) is 0. The van der Waals surface area contributed by atoms with E-state index in [1.165, 1.54) is 49.6 Å². The fourth-order valence-corrected chi connectivity index (χ4v) is 5.77. The summed E-state index contributed by atoms with van der Waals surface area (Å²) in [6.07, 6.45) is 9.00. The molecule has 0 radical (unpaired) electrons. The lowest BCUT2D eigenvalue weighted by Gasteiger charge is -2.20. The molecule has 9 heteroatoms. The van der Waals surface area contributed by atoms with Crippen molar-refractivity contribution >= 4 is 23.4 Å². The molecule has 8 nitrogen and oxygen atoms in total. The second-order valence-corrected chi connectivity index (χ2v) is 11.3. The Kier molecular flexibility index (Phi) is 12.1. The van der Waals surface area contributed by atoms with Crippen LogP contribution in [0.15, 0.2) is 90.1 Å². The van der Waals surface area contributed by atoms with Gasteiger partial charge in [0, 0.05) is 30.0 Å². The van der Waals surface area contributed by atoms with Crippen LogP contribution in [0.5, 0.6) is 0 Å². The van der Waals surface area contributed by atoms with Crippen LogP contribution in [-0.2, 0) is 17.0 Å². The fourth-order valence-electron chi connectivity index (χ4n) is 4.85. The van der Waals surface area contributed by atoms with Gasteiger partial charge in [-0.15, -0.1) is 10.2 Å². The van der Waals surface area contributed by atoms with Crippen molar-refractivity contribution in [3.8, 4) is 5.69 Å². The van der Waals surface area contributed by atoms with Gasteiger partial charge in [0.05, 0.1) is 11.0 Å². The number of rotatable bonds is 17. The first-order valence-corrected chi connectivity index (χ1v) is 15.7. The van der Waals surface area contributed by atoms with Gasteiger partial charge in [-0.05, 0) is 36.1 Å². The summed E-state index contributed by atoms with van der Waals surface area (Å²) in [5, 5.41) is 24.3. The van der Waals surface area contributed by atoms with E-state index in [2.05, 4.69) is 34.6 Å². The zero-order chi connectivity index (χ0) is 29.6. The number of nitrogens with one attached hydrogen (secondary N) is 1. The number of hydrogen-bond donors (Lipinski definition) is 1. The van der Waals surface area contributed by atoms with Crippen molar-refractivity contribution < 1.29 is 9.72 Å². The quantitative estimate of drug-likeness (QED) is 0.0583. The Morgan fingerprint density at radius 3 is 2.12 bits per heavy atom. The molecule has 220 valence electrons. The highest BCUT2D eigenvalue weighted by Gasteiger charge is 2.25. The Labute approximate surface area is 252 Å². The maximum Gasteiger partial charge on any atom is 0.269 e. The molecule has 1 aromatic heterocycles. The molecule has 1 heterocycles. The number of benzene rings is 3. The highest BCUT2D eigenvalue weighted by atomic mass is 32.2. The van der Waals surface area contributed by atoms with E-state index in [1.807, 2.05) is 53.1 Å². The Bertz CT molecular complexity index is 1390. The highest BCUT2D eigenvalue weighted by Crippen LogP contribution is 2.30. The van der Waals surface area contributed by atoms with E-state index in [1.54, 1.807) is 12.1 Å². The minimum atomic E-state index is -0.432. The van der Waals surface area contributed by atoms with Crippen LogP contribution in [0.2, 0.25) is 0 Å². The van der Waals surface area contributed by atoms with Crippen molar-refractivity contribution in [2.75, 3.05) is 0 Å². The predicted molar refractivity (Wildman–Crippen MR) is 168 cm³/mol. The lowest BCUT2D eigenvalue weighted by atomic mass is 10.0. The maximum absolute atomic E-state index is 13.2. The molecular formula is C33H39N5O3S. The Morgan fingerprint density at radius 1 is 0.857 bits per heavy atom. The number of thioether (sulfide) groups is 1. The van der Waals surface area contributed by atoms with Crippen LogP contribution >= 0.6 is 11.8 Å². The molecule has 1 unspecified atom stereocenters. The summed E-state index contributed by atoms with van der Waals surface area (Å²) in [5.74, 6) is 1.26. The average Bonchev–Trinajstić information content (AvgIpc) is 3.44. The number of non-ortho nitro benzene ring substituents is 1. The molecule has 0 aliphatic rings. The predicted octanol–water partition coefficient (Wildman–Crippen LogP) is 8.01. The molecule has 0 aliphatic heterocycles. The summed E-state index contributed by atoms with van der Waals surface area (Å²) in [4.78, 5) is 24.1. The van der Waals surface area contributed by atoms with Crippen LogP contribution in [0.4, 0.5) is 5.69 Å². The molecule has 0 saturated carbocycles. The molecule has 1 amide bonds. The number of nitrogens with zero attached hydrogens (tertiary/aromatic N) is 4. The molecule has 1 atom stereocenters. The van der Waals surface area contributed by atoms with E-state index in [0.717, 1.165) is 30.4 Å². The average molecular weight is 586 g/mol. The lowest BCUT2D eigenvalue weighted by molar-refractivity contribution is -0.384. The number of hydrogen-bond acceptors (Lipinski definition) is 6. The Hall–Kier alpha value is -3.98. The lowest BCUT2D eigenvalue weighted by Crippen LogP contribution is -2.31. The third kappa shape index (κ3) is 9.27. The summed E-state index contributed by atoms with van der Waals surface area (Å²) < 4.78 is 1.92. The minimum Gasteiger partial charge on any atom is -0.346 e. The van der Waals surface area contributed by atoms with Gasteiger partial charge in [-0.25, -0.2) is 0 Å². The van der Waals surface area contributed by atoms with Gasteiger partial charge in [0.1, 0.15) is 0 Å². The first-order valence-electron chi connectivity index (χ1n) is 14.7. The van der Waals surface area contributed by atoms with Gasteiger partial charge in [-0.3, -0.25) is 19.5 Å². The molecular weight excluding hydrogens is 546 g/mol. The zero-order valence-electron chi connectivity index (χ0n) is 24.2. The van der Waals surface area contributed by atoms with Gasteiger partial charge >= 0.3 is 0 Å². The fraction of sp³-hybridized carbons (Fsp3) is 0.364. The SMILES string of the molecule is CCCCCCCCCC(=O)NC(Cc1ccccc1)c1nnc(SCc2ccccc2)n1-c1ccc([N+](=O)[O-])cc1. The van der Waals surface area contributed by atoms with E-state index in [-0.39, 0.29) is 11.6 Å². The normalized spacial score (nSPS) is 11.7. The second-order valence-electron chi connectivity index (χ2n) is 10.4. The van der Waals surface area contributed by atoms with Crippen molar-refractivity contribution in [2.45, 2.75) is 81.7 Å². The third-order valence-electron chi connectivity index (χ3n) is 7.12. The van der Waals surface area contributed by atoms with E-state index < -0.39 is 11.0 Å². The highest BCUT2D eigenvalue weighted by molar-refractivity contribution is 7.98. The zero-order valence-corrected chi connectivity index (χ0v) is 25.0. The van der Waals surface area contributed by atoms with E-state index in [9.17, 15) is 14.9 Å². The van der Waals surface area contributed by atoms with E-state index in [4.69, 9.17) is 0 Å². The number of nitro groups is 1. The maximum atomic E-state index is 13.2. The number of unbranched alkanes of at least 4 members (excludes halogenated alkanes) is 6. The first kappa shape index (κ1) is 31.0. The second kappa shape index (κ2) is 16.5. The number of carbonyl (C=O) groups excluding carboxylic acids is 1. The largest absolute Gasteiger partial charge is 0.346 e. The van der Waals surface area contributed by atoms with Crippen LogP contribution in [0, 0.1) is 10.1 Å². The topological polar surface area (TPSA) is 103 Å². The van der Waals surface area contributed by atoms with Gasteiger partial charge in [-0.1, -0.05) is 118 Å². The van der Waals surface area contributed by atoms with Crippen molar-refractivity contribution in [2.24, 2.45) is 0 Å². The molecule has 42 heavy (non-hydrogen) atoms. The van der Waals surface area contributed by atoms with Crippen molar-refractivity contribution in [1.29, 1.82) is 0 Å². The first-order chi connectivity index (χ1) is 20.5. The smallest absolute Gasteiger partial charge is 0.269 e. The minimum absolute atomic E-state index is 0.00990. The molecule has 4 aromatic rings. The number of nitro benzene ring substituents is 1. The van der Waals surface area contributed by atoms with Crippen LogP contribution < -0.4 is 5.32 Å². The molecule has 0 aliphatic carbocycles. The van der Waals surface area contributed by atoms with Crippen LogP contribution in [0.25, 0.3) is 5.69 Å². The van der Waals surface area contributed by atoms with Crippen LogP contribution in [0.1, 0.15) is 81.3 Å². The molecule has 1 N–H and O–H groups in total. The third-order valence-corrected chi connectivity index (χ3v) is 8.12. The molecule has 4 rings (SSSR count). The number of aromatic nitrogens is 3. The molecule has 0 fully saturated rings. The molecule has 0 saturated heterocycles. The summed E-state index contributed by atoms with van der Waals surface area (Å²) >= 11 is 1.54. The van der Waals surface area contributed by atoms with Gasteiger partial charge in [0.25, 0.3) is 5.69 Å². The van der Waals surface area contributed by atoms with Crippen LogP contribution in [0.3, 0.4) is 0 Å². The summed E-state index contributed by atoms with van der Waals surface area (Å²) in [5.41, 5.74) is 2.92. The van der Waals surface area contributed by atoms with Crippen molar-refractivity contribution in [3.05, 3.63) is 112 Å². The summed E-state index contributed by atoms with van der Waals surface area (Å²) in [6.45, 7) is 2.21. The number of amides is 1. The van der Waals surface area contributed by atoms with E-state index >= 15 is 0 Å². The van der Waals surface area contributed by atoms with Crippen molar-refractivity contribution in [3.63, 3.8) is 0 Å². The monoisotopic (exact) mass is 585 g/mol. The standard InChI is InChI=1S/C33H39N5O3S/c1-2-3-4-5-6-7-14-19-31(39)34-30(24-26-15-10-8-11-16-26)32-35-36-33(42-25-27-17-12-9-13-18-27)37(32)28-20-22-29(23-21-28)38(40)41/h8-13,15-18,20-23,30H,2-7,14,19,24-25H2,1H3,(H,34,39). The number of carbonyl (C=O) groups is 1. The van der Waals surface area contributed by atoms with Crippen molar-refractivity contribution in [1.82, 2.24) is 20.1 Å². The van der Waals surface area contributed by atoms with Gasteiger partial charge in [0.15, 0.2) is 11.0 Å². The summed E-state index contributed by atoms with van der Waals surface area (Å²) in [6, 6.07) is 26.0. The molecule has 3 aromatic carbocycles. The Balaban J connectivity index is 1.59. The van der Waals surface area contributed by atoms with Gasteiger partial charge in [-0.2, -0.15) is 0 Å². The van der Waals surface area contributed by atoms with Crippen LogP contribution in [-0.4, -0.2) is 25.6 Å². The van der Waals surface area contributed by atoms with Gasteiger partial charge < -0.3 is 5.32 Å². The molecule has 0 bridgehead atoms. The molecule has 0 spiro atoms.